The molecule has 1 atom stereocenters. The standard InChI is InChI=1S/C22H31N3O8S2/c1-16(25(34(6,27)28)17-7-12-20(31-4)21(15-17)32-5)22(26)23-13-14-33-18-8-10-19(11-9-18)35(29,30)24(2)3/h7-12,15-16H,13-14H2,1-6H3,(H,23,26)/t16-/m0/s1. The number of hydrogen-bond donors (Lipinski definition) is 1. The maximum atomic E-state index is 12.7. The fourth-order valence-electron chi connectivity index (χ4n) is 3.18. The summed E-state index contributed by atoms with van der Waals surface area (Å²) in [7, 11) is -1.57. The van der Waals surface area contributed by atoms with E-state index in [0.29, 0.717) is 17.2 Å². The van der Waals surface area contributed by atoms with E-state index >= 15 is 0 Å². The highest BCUT2D eigenvalue weighted by atomic mass is 32.2. The van der Waals surface area contributed by atoms with Gasteiger partial charge < -0.3 is 19.5 Å². The summed E-state index contributed by atoms with van der Waals surface area (Å²) in [5.41, 5.74) is 0.247. The molecule has 0 radical (unpaired) electrons. The minimum Gasteiger partial charge on any atom is -0.493 e. The van der Waals surface area contributed by atoms with Gasteiger partial charge in [-0.15, -0.1) is 0 Å². The van der Waals surface area contributed by atoms with Crippen LogP contribution >= 0.6 is 0 Å². The van der Waals surface area contributed by atoms with E-state index in [1.807, 2.05) is 0 Å². The quantitative estimate of drug-likeness (QED) is 0.407. The second kappa shape index (κ2) is 11.6. The molecule has 0 aromatic heterocycles. The third-order valence-corrected chi connectivity index (χ3v) is 8.05. The van der Waals surface area contributed by atoms with Crippen molar-refractivity contribution < 1.29 is 35.8 Å². The zero-order valence-corrected chi connectivity index (χ0v) is 22.1. The van der Waals surface area contributed by atoms with Gasteiger partial charge in [-0.3, -0.25) is 9.10 Å². The lowest BCUT2D eigenvalue weighted by molar-refractivity contribution is -0.121. The third kappa shape index (κ3) is 6.99. The molecular weight excluding hydrogens is 498 g/mol. The molecule has 0 bridgehead atoms. The SMILES string of the molecule is COc1ccc(N([C@@H](C)C(=O)NCCOc2ccc(S(=O)(=O)N(C)C)cc2)S(C)(=O)=O)cc1OC. The first-order chi connectivity index (χ1) is 16.3. The lowest BCUT2D eigenvalue weighted by atomic mass is 10.2. The summed E-state index contributed by atoms with van der Waals surface area (Å²) in [6.07, 6.45) is 1.01. The topological polar surface area (TPSA) is 132 Å². The minimum absolute atomic E-state index is 0.0907. The molecule has 1 amide bonds. The van der Waals surface area contributed by atoms with Gasteiger partial charge >= 0.3 is 0 Å². The highest BCUT2D eigenvalue weighted by molar-refractivity contribution is 7.92. The summed E-state index contributed by atoms with van der Waals surface area (Å²) < 4.78 is 67.3. The Morgan fingerprint density at radius 1 is 0.971 bits per heavy atom. The molecule has 0 aliphatic rings. The van der Waals surface area contributed by atoms with Crippen LogP contribution in [0.25, 0.3) is 0 Å². The number of carbonyl (C=O) groups is 1. The van der Waals surface area contributed by atoms with E-state index in [0.717, 1.165) is 14.9 Å². The number of benzene rings is 2. The molecule has 2 aromatic carbocycles. The van der Waals surface area contributed by atoms with Crippen LogP contribution < -0.4 is 23.8 Å². The molecule has 35 heavy (non-hydrogen) atoms. The Balaban J connectivity index is 2.02. The largest absolute Gasteiger partial charge is 0.493 e. The van der Waals surface area contributed by atoms with Crippen molar-refractivity contribution in [2.75, 3.05) is 52.0 Å². The Morgan fingerprint density at radius 2 is 1.57 bits per heavy atom. The summed E-state index contributed by atoms with van der Waals surface area (Å²) in [6, 6.07) is 9.39. The molecule has 2 rings (SSSR count). The van der Waals surface area contributed by atoms with Crippen molar-refractivity contribution in [1.29, 1.82) is 0 Å². The maximum Gasteiger partial charge on any atom is 0.243 e. The van der Waals surface area contributed by atoms with Crippen LogP contribution in [-0.2, 0) is 24.8 Å². The van der Waals surface area contributed by atoms with Gasteiger partial charge in [0.2, 0.25) is 26.0 Å². The van der Waals surface area contributed by atoms with Crippen molar-refractivity contribution in [1.82, 2.24) is 9.62 Å². The molecule has 0 saturated heterocycles. The summed E-state index contributed by atoms with van der Waals surface area (Å²) >= 11 is 0. The van der Waals surface area contributed by atoms with Crippen molar-refractivity contribution in [3.8, 4) is 17.2 Å². The molecule has 0 spiro atoms. The monoisotopic (exact) mass is 529 g/mol. The van der Waals surface area contributed by atoms with Gasteiger partial charge in [-0.2, -0.15) is 0 Å². The lowest BCUT2D eigenvalue weighted by Gasteiger charge is -2.28. The summed E-state index contributed by atoms with van der Waals surface area (Å²) in [5, 5.41) is 2.65. The first-order valence-corrected chi connectivity index (χ1v) is 13.8. The van der Waals surface area contributed by atoms with Crippen LogP contribution in [0.15, 0.2) is 47.4 Å². The average molecular weight is 530 g/mol. The van der Waals surface area contributed by atoms with Gasteiger partial charge in [-0.05, 0) is 43.3 Å². The Hall–Kier alpha value is -3.03. The number of nitrogens with one attached hydrogen (secondary N) is 1. The van der Waals surface area contributed by atoms with Crippen molar-refractivity contribution in [3.63, 3.8) is 0 Å². The van der Waals surface area contributed by atoms with Gasteiger partial charge in [0.25, 0.3) is 0 Å². The number of carbonyl (C=O) groups excluding carboxylic acids is 1. The van der Waals surface area contributed by atoms with Crippen LogP contribution in [0.5, 0.6) is 17.2 Å². The van der Waals surface area contributed by atoms with E-state index in [1.165, 1.54) is 71.6 Å². The van der Waals surface area contributed by atoms with Gasteiger partial charge in [0.15, 0.2) is 11.5 Å². The molecule has 0 heterocycles. The second-order valence-electron chi connectivity index (χ2n) is 7.67. The number of nitrogens with zero attached hydrogens (tertiary/aromatic N) is 2. The third-order valence-electron chi connectivity index (χ3n) is 4.98. The number of hydrogen-bond acceptors (Lipinski definition) is 8. The second-order valence-corrected chi connectivity index (χ2v) is 11.7. The predicted molar refractivity (Wildman–Crippen MR) is 132 cm³/mol. The van der Waals surface area contributed by atoms with Gasteiger partial charge in [0.1, 0.15) is 18.4 Å². The highest BCUT2D eigenvalue weighted by Gasteiger charge is 2.29. The fourth-order valence-corrected chi connectivity index (χ4v) is 5.25. The zero-order valence-electron chi connectivity index (χ0n) is 20.5. The van der Waals surface area contributed by atoms with Crippen LogP contribution in [-0.4, -0.2) is 80.8 Å². The zero-order chi connectivity index (χ0) is 26.4. The first-order valence-electron chi connectivity index (χ1n) is 10.5. The number of rotatable bonds is 12. The molecule has 2 aromatic rings. The van der Waals surface area contributed by atoms with Crippen molar-refractivity contribution in [2.45, 2.75) is 17.9 Å². The summed E-state index contributed by atoms with van der Waals surface area (Å²) in [4.78, 5) is 12.8. The summed E-state index contributed by atoms with van der Waals surface area (Å²) in [6.45, 7) is 1.66. The van der Waals surface area contributed by atoms with Gasteiger partial charge in [-0.1, -0.05) is 0 Å². The molecule has 194 valence electrons. The van der Waals surface area contributed by atoms with E-state index in [9.17, 15) is 21.6 Å². The van der Waals surface area contributed by atoms with E-state index in [4.69, 9.17) is 14.2 Å². The average Bonchev–Trinajstić information content (AvgIpc) is 2.80. The van der Waals surface area contributed by atoms with Crippen molar-refractivity contribution >= 4 is 31.6 Å². The Labute approximate surface area is 206 Å². The number of sulfonamides is 2. The molecule has 13 heteroatoms. The van der Waals surface area contributed by atoms with E-state index in [2.05, 4.69) is 5.32 Å². The Kier molecular flexibility index (Phi) is 9.35. The fraction of sp³-hybridized carbons (Fsp3) is 0.409. The van der Waals surface area contributed by atoms with E-state index in [1.54, 1.807) is 6.07 Å². The first kappa shape index (κ1) is 28.2. The molecular formula is C22H31N3O8S2. The molecule has 1 N–H and O–H groups in total. The molecule has 0 saturated carbocycles. The van der Waals surface area contributed by atoms with Crippen molar-refractivity contribution in [2.24, 2.45) is 0 Å². The minimum atomic E-state index is -3.81. The number of anilines is 1. The van der Waals surface area contributed by atoms with Crippen LogP contribution in [0, 0.1) is 0 Å². The Morgan fingerprint density at radius 3 is 2.09 bits per heavy atom. The summed E-state index contributed by atoms with van der Waals surface area (Å²) in [5.74, 6) is 0.643. The normalized spacial score (nSPS) is 12.7. The van der Waals surface area contributed by atoms with Crippen LogP contribution in [0.4, 0.5) is 5.69 Å². The molecule has 0 aliphatic heterocycles. The lowest BCUT2D eigenvalue weighted by Crippen LogP contribution is -2.48. The highest BCUT2D eigenvalue weighted by Crippen LogP contribution is 2.33. The number of methoxy groups -OCH3 is 2. The number of amides is 1. The van der Waals surface area contributed by atoms with Gasteiger partial charge in [-0.25, -0.2) is 21.1 Å². The molecule has 0 aliphatic carbocycles. The molecule has 11 nitrogen and oxygen atoms in total. The van der Waals surface area contributed by atoms with Crippen molar-refractivity contribution in [3.05, 3.63) is 42.5 Å². The molecule has 0 unspecified atom stereocenters. The van der Waals surface area contributed by atoms with Crippen LogP contribution in [0.2, 0.25) is 0 Å². The van der Waals surface area contributed by atoms with Crippen LogP contribution in [0.1, 0.15) is 6.92 Å². The Bertz CT molecular complexity index is 1230. The van der Waals surface area contributed by atoms with E-state index in [-0.39, 0.29) is 23.7 Å². The van der Waals surface area contributed by atoms with E-state index < -0.39 is 32.0 Å². The molecule has 0 fully saturated rings. The van der Waals surface area contributed by atoms with Gasteiger partial charge in [0.05, 0.1) is 37.6 Å². The number of ether oxygens (including phenoxy) is 3. The van der Waals surface area contributed by atoms with Gasteiger partial charge in [0, 0.05) is 20.2 Å². The van der Waals surface area contributed by atoms with Crippen LogP contribution in [0.3, 0.4) is 0 Å². The maximum absolute atomic E-state index is 12.7. The smallest absolute Gasteiger partial charge is 0.243 e. The predicted octanol–water partition coefficient (Wildman–Crippen LogP) is 1.30.